The molecule has 1 heterocycles. The van der Waals surface area contributed by atoms with Crippen molar-refractivity contribution in [2.75, 3.05) is 0 Å². The zero-order valence-electron chi connectivity index (χ0n) is 9.02. The first-order chi connectivity index (χ1) is 8.08. The van der Waals surface area contributed by atoms with E-state index in [2.05, 4.69) is 10.1 Å². The summed E-state index contributed by atoms with van der Waals surface area (Å²) in [6.07, 6.45) is -0.410. The van der Waals surface area contributed by atoms with Gasteiger partial charge in [-0.2, -0.15) is 4.98 Å². The predicted octanol–water partition coefficient (Wildman–Crippen LogP) is 3.02. The highest BCUT2D eigenvalue weighted by Gasteiger charge is 2.14. The lowest BCUT2D eigenvalue weighted by molar-refractivity contribution is 0.151. The molecule has 0 unspecified atom stereocenters. The molecule has 1 N–H and O–H groups in total. The normalized spacial score (nSPS) is 12.7. The smallest absolute Gasteiger partial charge is 0.255 e. The van der Waals surface area contributed by atoms with E-state index in [0.717, 1.165) is 5.56 Å². The van der Waals surface area contributed by atoms with Crippen molar-refractivity contribution in [3.05, 3.63) is 45.5 Å². The van der Waals surface area contributed by atoms with Crippen molar-refractivity contribution in [1.29, 1.82) is 0 Å². The van der Waals surface area contributed by atoms with Crippen LogP contribution in [-0.4, -0.2) is 15.2 Å². The molecule has 17 heavy (non-hydrogen) atoms. The third kappa shape index (κ3) is 2.77. The molecule has 6 heteroatoms. The average molecular weight is 273 g/mol. The van der Waals surface area contributed by atoms with Gasteiger partial charge < -0.3 is 9.63 Å². The lowest BCUT2D eigenvalue weighted by Crippen LogP contribution is -1.95. The van der Waals surface area contributed by atoms with Crippen LogP contribution in [0.15, 0.2) is 22.7 Å². The molecule has 0 spiro atoms. The predicted molar refractivity (Wildman–Crippen MR) is 64.2 cm³/mol. The molecular formula is C11H10Cl2N2O2. The Morgan fingerprint density at radius 2 is 2.00 bits per heavy atom. The molecule has 0 aliphatic carbocycles. The van der Waals surface area contributed by atoms with E-state index in [-0.39, 0.29) is 5.89 Å². The zero-order valence-corrected chi connectivity index (χ0v) is 10.5. The Bertz CT molecular complexity index is 506. The van der Waals surface area contributed by atoms with Crippen LogP contribution in [0.1, 0.15) is 30.3 Å². The van der Waals surface area contributed by atoms with E-state index >= 15 is 0 Å². The topological polar surface area (TPSA) is 59.2 Å². The monoisotopic (exact) mass is 272 g/mol. The first-order valence-electron chi connectivity index (χ1n) is 5.01. The van der Waals surface area contributed by atoms with Gasteiger partial charge in [0.1, 0.15) is 6.10 Å². The number of halogens is 2. The third-order valence-corrected chi connectivity index (χ3v) is 2.95. The summed E-state index contributed by atoms with van der Waals surface area (Å²) in [7, 11) is 0. The average Bonchev–Trinajstić information content (AvgIpc) is 2.72. The quantitative estimate of drug-likeness (QED) is 0.933. The van der Waals surface area contributed by atoms with E-state index in [1.807, 2.05) is 0 Å². The molecule has 1 atom stereocenters. The molecule has 0 aliphatic heterocycles. The Balaban J connectivity index is 2.25. The van der Waals surface area contributed by atoms with Gasteiger partial charge in [0, 0.05) is 16.5 Å². The van der Waals surface area contributed by atoms with Crippen LogP contribution in [0.4, 0.5) is 0 Å². The van der Waals surface area contributed by atoms with Gasteiger partial charge in [-0.15, -0.1) is 0 Å². The molecule has 0 aliphatic rings. The third-order valence-electron chi connectivity index (χ3n) is 2.24. The number of aromatic nitrogens is 2. The van der Waals surface area contributed by atoms with Gasteiger partial charge >= 0.3 is 0 Å². The SMILES string of the molecule is C[C@H](O)c1nc(Cc2c(Cl)cccc2Cl)no1. The second kappa shape index (κ2) is 5.04. The number of hydrogen-bond acceptors (Lipinski definition) is 4. The van der Waals surface area contributed by atoms with Crippen molar-refractivity contribution in [2.45, 2.75) is 19.4 Å². The highest BCUT2D eigenvalue weighted by atomic mass is 35.5. The van der Waals surface area contributed by atoms with E-state index < -0.39 is 6.10 Å². The summed E-state index contributed by atoms with van der Waals surface area (Å²) in [6.45, 7) is 1.56. The number of hydrogen-bond donors (Lipinski definition) is 1. The van der Waals surface area contributed by atoms with Crippen molar-refractivity contribution < 1.29 is 9.63 Å². The van der Waals surface area contributed by atoms with Gasteiger partial charge in [-0.3, -0.25) is 0 Å². The van der Waals surface area contributed by atoms with Crippen LogP contribution >= 0.6 is 23.2 Å². The van der Waals surface area contributed by atoms with Crippen LogP contribution in [0.3, 0.4) is 0 Å². The second-order valence-electron chi connectivity index (χ2n) is 3.60. The van der Waals surface area contributed by atoms with E-state index in [1.165, 1.54) is 0 Å². The highest BCUT2D eigenvalue weighted by Crippen LogP contribution is 2.26. The summed E-state index contributed by atoms with van der Waals surface area (Å²) >= 11 is 12.1. The molecule has 0 saturated heterocycles. The van der Waals surface area contributed by atoms with Gasteiger partial charge in [0.2, 0.25) is 0 Å². The minimum atomic E-state index is -0.780. The molecule has 0 fully saturated rings. The molecule has 0 bridgehead atoms. The van der Waals surface area contributed by atoms with Crippen molar-refractivity contribution in [2.24, 2.45) is 0 Å². The van der Waals surface area contributed by atoms with Crippen molar-refractivity contribution in [1.82, 2.24) is 10.1 Å². The first kappa shape index (κ1) is 12.4. The number of benzene rings is 1. The van der Waals surface area contributed by atoms with Crippen LogP contribution in [0.5, 0.6) is 0 Å². The summed E-state index contributed by atoms with van der Waals surface area (Å²) in [5.74, 6) is 0.624. The van der Waals surface area contributed by atoms with Crippen molar-refractivity contribution >= 4 is 23.2 Å². The van der Waals surface area contributed by atoms with Crippen LogP contribution in [-0.2, 0) is 6.42 Å². The fraction of sp³-hybridized carbons (Fsp3) is 0.273. The summed E-state index contributed by atoms with van der Waals surface area (Å²) < 4.78 is 4.88. The molecule has 0 radical (unpaired) electrons. The summed E-state index contributed by atoms with van der Waals surface area (Å²) in [5.41, 5.74) is 0.744. The largest absolute Gasteiger partial charge is 0.384 e. The fourth-order valence-corrected chi connectivity index (χ4v) is 1.90. The molecule has 4 nitrogen and oxygen atoms in total. The van der Waals surface area contributed by atoms with Gasteiger partial charge in [0.25, 0.3) is 5.89 Å². The maximum atomic E-state index is 9.26. The van der Waals surface area contributed by atoms with Gasteiger partial charge in [-0.1, -0.05) is 34.4 Å². The lowest BCUT2D eigenvalue weighted by Gasteiger charge is -2.03. The Labute approximate surface area is 108 Å². The fourth-order valence-electron chi connectivity index (χ4n) is 1.37. The van der Waals surface area contributed by atoms with Gasteiger partial charge in [-0.05, 0) is 24.6 Å². The van der Waals surface area contributed by atoms with Crippen molar-refractivity contribution in [3.8, 4) is 0 Å². The molecular weight excluding hydrogens is 263 g/mol. The van der Waals surface area contributed by atoms with Crippen LogP contribution in [0.25, 0.3) is 0 Å². The Morgan fingerprint density at radius 3 is 2.53 bits per heavy atom. The Hall–Kier alpha value is -1.10. The van der Waals surface area contributed by atoms with Gasteiger partial charge in [-0.25, -0.2) is 0 Å². The molecule has 2 aromatic rings. The van der Waals surface area contributed by atoms with Crippen LogP contribution < -0.4 is 0 Å². The second-order valence-corrected chi connectivity index (χ2v) is 4.42. The van der Waals surface area contributed by atoms with Gasteiger partial charge in [0.15, 0.2) is 5.82 Å². The number of rotatable bonds is 3. The van der Waals surface area contributed by atoms with E-state index in [4.69, 9.17) is 27.7 Å². The standard InChI is InChI=1S/C11H10Cl2N2O2/c1-6(16)11-14-10(15-17-11)5-7-8(12)3-2-4-9(7)13/h2-4,6,16H,5H2,1H3/t6-/m0/s1. The zero-order chi connectivity index (χ0) is 12.4. The Kier molecular flexibility index (Phi) is 3.66. The minimum Gasteiger partial charge on any atom is -0.384 e. The Morgan fingerprint density at radius 1 is 1.35 bits per heavy atom. The van der Waals surface area contributed by atoms with E-state index in [9.17, 15) is 5.11 Å². The summed E-state index contributed by atoms with van der Waals surface area (Å²) in [6, 6.07) is 5.27. The van der Waals surface area contributed by atoms with Crippen LogP contribution in [0.2, 0.25) is 10.0 Å². The summed E-state index contributed by atoms with van der Waals surface area (Å²) in [4.78, 5) is 4.04. The first-order valence-corrected chi connectivity index (χ1v) is 5.77. The lowest BCUT2D eigenvalue weighted by atomic mass is 10.1. The molecule has 1 aromatic carbocycles. The number of nitrogens with zero attached hydrogens (tertiary/aromatic N) is 2. The van der Waals surface area contributed by atoms with E-state index in [1.54, 1.807) is 25.1 Å². The minimum absolute atomic E-state index is 0.183. The molecule has 1 aromatic heterocycles. The van der Waals surface area contributed by atoms with Crippen molar-refractivity contribution in [3.63, 3.8) is 0 Å². The maximum Gasteiger partial charge on any atom is 0.255 e. The molecule has 2 rings (SSSR count). The molecule has 90 valence electrons. The molecule has 0 amide bonds. The van der Waals surface area contributed by atoms with E-state index in [0.29, 0.717) is 22.3 Å². The number of aliphatic hydroxyl groups excluding tert-OH is 1. The maximum absolute atomic E-state index is 9.26. The van der Waals surface area contributed by atoms with Gasteiger partial charge in [0.05, 0.1) is 0 Å². The molecule has 0 saturated carbocycles. The van der Waals surface area contributed by atoms with Crippen LogP contribution in [0, 0.1) is 0 Å². The highest BCUT2D eigenvalue weighted by molar-refractivity contribution is 6.36. The summed E-state index contributed by atoms with van der Waals surface area (Å²) in [5, 5.41) is 14.1. The number of aliphatic hydroxyl groups is 1.